The van der Waals surface area contributed by atoms with Crippen molar-refractivity contribution in [1.29, 1.82) is 0 Å². The summed E-state index contributed by atoms with van der Waals surface area (Å²) in [7, 11) is -1.01. The van der Waals surface area contributed by atoms with Crippen molar-refractivity contribution in [1.82, 2.24) is 9.55 Å². The Kier molecular flexibility index (Phi) is 5.08. The van der Waals surface area contributed by atoms with Crippen molar-refractivity contribution < 1.29 is 9.53 Å². The van der Waals surface area contributed by atoms with Crippen LogP contribution in [0.1, 0.15) is 12.6 Å². The average Bonchev–Trinajstić information content (AvgIpc) is 2.58. The molecule has 0 aliphatic rings. The van der Waals surface area contributed by atoms with Crippen LogP contribution in [0, 0.1) is 0 Å². The van der Waals surface area contributed by atoms with Crippen LogP contribution < -0.4 is 0 Å². The molecule has 96 valence electrons. The third kappa shape index (κ3) is 6.38. The molecule has 1 rings (SSSR count). The summed E-state index contributed by atoms with van der Waals surface area (Å²) in [5.74, 6) is 0.134. The Morgan fingerprint density at radius 3 is 2.76 bits per heavy atom. The van der Waals surface area contributed by atoms with Gasteiger partial charge in [-0.3, -0.25) is 4.79 Å². The second kappa shape index (κ2) is 6.12. The number of nitrogens with zero attached hydrogens (tertiary/aromatic N) is 2. The molecule has 0 N–H and O–H groups in total. The minimum atomic E-state index is -1.01. The zero-order chi connectivity index (χ0) is 12.9. The molecule has 0 aliphatic carbocycles. The van der Waals surface area contributed by atoms with Crippen LogP contribution in [0.4, 0.5) is 0 Å². The van der Waals surface area contributed by atoms with Gasteiger partial charge in [-0.15, -0.1) is 0 Å². The first-order chi connectivity index (χ1) is 7.87. The lowest BCUT2D eigenvalue weighted by molar-refractivity contribution is -0.116. The number of rotatable bonds is 7. The van der Waals surface area contributed by atoms with E-state index in [1.807, 2.05) is 10.8 Å². The SMILES string of the molecule is CC(=O)Cc1cn(COCC[Si](C)(C)C)cn1. The molecule has 0 saturated heterocycles. The largest absolute Gasteiger partial charge is 0.361 e. The van der Waals surface area contributed by atoms with Gasteiger partial charge < -0.3 is 9.30 Å². The number of imidazole rings is 1. The fourth-order valence-corrected chi connectivity index (χ4v) is 2.13. The average molecular weight is 254 g/mol. The summed E-state index contributed by atoms with van der Waals surface area (Å²) >= 11 is 0. The molecule has 0 aliphatic heterocycles. The first-order valence-electron chi connectivity index (χ1n) is 5.95. The highest BCUT2D eigenvalue weighted by molar-refractivity contribution is 6.76. The number of aromatic nitrogens is 2. The molecular weight excluding hydrogens is 232 g/mol. The van der Waals surface area contributed by atoms with E-state index in [4.69, 9.17) is 4.74 Å². The van der Waals surface area contributed by atoms with E-state index in [9.17, 15) is 4.79 Å². The molecule has 0 amide bonds. The molecule has 0 radical (unpaired) electrons. The van der Waals surface area contributed by atoms with Gasteiger partial charge in [0, 0.05) is 27.3 Å². The number of carbonyl (C=O) groups excluding carboxylic acids is 1. The molecule has 0 unspecified atom stereocenters. The van der Waals surface area contributed by atoms with Gasteiger partial charge in [0.05, 0.1) is 12.0 Å². The summed E-state index contributed by atoms with van der Waals surface area (Å²) in [6, 6.07) is 1.17. The highest BCUT2D eigenvalue weighted by atomic mass is 28.3. The summed E-state index contributed by atoms with van der Waals surface area (Å²) < 4.78 is 7.46. The molecule has 17 heavy (non-hydrogen) atoms. The third-order valence-electron chi connectivity index (χ3n) is 2.35. The van der Waals surface area contributed by atoms with Crippen LogP contribution in [0.3, 0.4) is 0 Å². The molecule has 0 bridgehead atoms. The Labute approximate surface area is 104 Å². The van der Waals surface area contributed by atoms with E-state index >= 15 is 0 Å². The zero-order valence-corrected chi connectivity index (χ0v) is 12.2. The number of ketones is 1. The maximum absolute atomic E-state index is 10.9. The van der Waals surface area contributed by atoms with Crippen LogP contribution in [0.5, 0.6) is 0 Å². The summed E-state index contributed by atoms with van der Waals surface area (Å²) in [6.45, 7) is 9.89. The molecule has 0 atom stereocenters. The minimum Gasteiger partial charge on any atom is -0.361 e. The second-order valence-electron chi connectivity index (χ2n) is 5.61. The number of Topliss-reactive ketones (excluding diaryl/α,β-unsaturated/α-hetero) is 1. The molecule has 4 nitrogen and oxygen atoms in total. The smallest absolute Gasteiger partial charge is 0.135 e. The summed E-state index contributed by atoms with van der Waals surface area (Å²) in [4.78, 5) is 15.1. The fraction of sp³-hybridized carbons (Fsp3) is 0.667. The van der Waals surface area contributed by atoms with Crippen molar-refractivity contribution >= 4 is 13.9 Å². The lowest BCUT2D eigenvalue weighted by Crippen LogP contribution is -2.21. The van der Waals surface area contributed by atoms with Crippen LogP contribution in [0.2, 0.25) is 25.7 Å². The monoisotopic (exact) mass is 254 g/mol. The van der Waals surface area contributed by atoms with Crippen molar-refractivity contribution in [2.75, 3.05) is 6.61 Å². The Morgan fingerprint density at radius 2 is 2.18 bits per heavy atom. The fourth-order valence-electron chi connectivity index (χ4n) is 1.37. The molecule has 0 fully saturated rings. The van der Waals surface area contributed by atoms with Gasteiger partial charge in [-0.1, -0.05) is 19.6 Å². The van der Waals surface area contributed by atoms with Crippen molar-refractivity contribution in [2.24, 2.45) is 0 Å². The van der Waals surface area contributed by atoms with E-state index in [1.165, 1.54) is 6.04 Å². The predicted molar refractivity (Wildman–Crippen MR) is 70.7 cm³/mol. The van der Waals surface area contributed by atoms with E-state index < -0.39 is 8.07 Å². The molecule has 1 aromatic rings. The van der Waals surface area contributed by atoms with Gasteiger partial charge in [0.2, 0.25) is 0 Å². The number of ether oxygens (including phenoxy) is 1. The molecular formula is C12H22N2O2Si. The Hall–Kier alpha value is -0.943. The van der Waals surface area contributed by atoms with Crippen LogP contribution >= 0.6 is 0 Å². The van der Waals surface area contributed by atoms with E-state index in [0.29, 0.717) is 13.2 Å². The molecule has 0 aromatic carbocycles. The van der Waals surface area contributed by atoms with Crippen LogP contribution in [-0.2, 0) is 22.7 Å². The highest BCUT2D eigenvalue weighted by Crippen LogP contribution is 2.08. The molecule has 0 saturated carbocycles. The maximum atomic E-state index is 10.9. The molecule has 5 heteroatoms. The summed E-state index contributed by atoms with van der Waals surface area (Å²) in [5.41, 5.74) is 0.811. The summed E-state index contributed by atoms with van der Waals surface area (Å²) in [6.07, 6.45) is 3.99. The van der Waals surface area contributed by atoms with Gasteiger partial charge in [-0.05, 0) is 13.0 Å². The zero-order valence-electron chi connectivity index (χ0n) is 11.2. The van der Waals surface area contributed by atoms with Gasteiger partial charge >= 0.3 is 0 Å². The normalized spacial score (nSPS) is 11.8. The lowest BCUT2D eigenvalue weighted by Gasteiger charge is -2.15. The first kappa shape index (κ1) is 14.1. The van der Waals surface area contributed by atoms with E-state index in [-0.39, 0.29) is 5.78 Å². The predicted octanol–water partition coefficient (Wildman–Crippen LogP) is 2.33. The Balaban J connectivity index is 2.28. The standard InChI is InChI=1S/C12H22N2O2Si/c1-11(15)7-12-8-14(9-13-12)10-16-5-6-17(2,3)4/h8-9H,5-7,10H2,1-4H3. The number of hydrogen-bond acceptors (Lipinski definition) is 3. The van der Waals surface area contributed by atoms with Crippen molar-refractivity contribution in [2.45, 2.75) is 45.8 Å². The Morgan fingerprint density at radius 1 is 1.47 bits per heavy atom. The third-order valence-corrected chi connectivity index (χ3v) is 4.06. The quantitative estimate of drug-likeness (QED) is 0.554. The molecule has 1 aromatic heterocycles. The van der Waals surface area contributed by atoms with E-state index in [2.05, 4.69) is 24.6 Å². The van der Waals surface area contributed by atoms with Crippen LogP contribution in [0.25, 0.3) is 0 Å². The van der Waals surface area contributed by atoms with Gasteiger partial charge in [0.1, 0.15) is 12.5 Å². The highest BCUT2D eigenvalue weighted by Gasteiger charge is 2.12. The van der Waals surface area contributed by atoms with E-state index in [1.54, 1.807) is 13.3 Å². The van der Waals surface area contributed by atoms with Crippen molar-refractivity contribution in [3.05, 3.63) is 18.2 Å². The van der Waals surface area contributed by atoms with Crippen molar-refractivity contribution in [3.8, 4) is 0 Å². The van der Waals surface area contributed by atoms with Gasteiger partial charge in [-0.25, -0.2) is 4.98 Å². The molecule has 1 heterocycles. The van der Waals surface area contributed by atoms with Crippen LogP contribution in [0.15, 0.2) is 12.5 Å². The van der Waals surface area contributed by atoms with Gasteiger partial charge in [-0.2, -0.15) is 0 Å². The lowest BCUT2D eigenvalue weighted by atomic mass is 10.2. The topological polar surface area (TPSA) is 44.1 Å². The number of carbonyl (C=O) groups is 1. The molecule has 0 spiro atoms. The van der Waals surface area contributed by atoms with Gasteiger partial charge in [0.25, 0.3) is 0 Å². The van der Waals surface area contributed by atoms with E-state index in [0.717, 1.165) is 12.3 Å². The number of hydrogen-bond donors (Lipinski definition) is 0. The van der Waals surface area contributed by atoms with Crippen LogP contribution in [-0.4, -0.2) is 30.0 Å². The first-order valence-corrected chi connectivity index (χ1v) is 9.65. The maximum Gasteiger partial charge on any atom is 0.135 e. The van der Waals surface area contributed by atoms with Crippen molar-refractivity contribution in [3.63, 3.8) is 0 Å². The Bertz CT molecular complexity index is 369. The minimum absolute atomic E-state index is 0.134. The summed E-state index contributed by atoms with van der Waals surface area (Å²) in [5, 5.41) is 0. The van der Waals surface area contributed by atoms with Gasteiger partial charge in [0.15, 0.2) is 0 Å². The second-order valence-corrected chi connectivity index (χ2v) is 11.2.